The van der Waals surface area contributed by atoms with E-state index >= 15 is 0 Å². The van der Waals surface area contributed by atoms with E-state index in [0.717, 1.165) is 18.4 Å². The van der Waals surface area contributed by atoms with E-state index in [0.29, 0.717) is 13.2 Å². The topological polar surface area (TPSA) is 18.5 Å². The molecule has 1 aromatic rings. The van der Waals surface area contributed by atoms with Gasteiger partial charge in [-0.1, -0.05) is 45.0 Å². The maximum absolute atomic E-state index is 5.55. The van der Waals surface area contributed by atoms with Crippen molar-refractivity contribution < 1.29 is 9.47 Å². The van der Waals surface area contributed by atoms with Crippen LogP contribution in [-0.4, -0.2) is 13.2 Å². The Hall–Kier alpha value is -0.860. The quantitative estimate of drug-likeness (QED) is 0.788. The van der Waals surface area contributed by atoms with Crippen LogP contribution in [0.3, 0.4) is 0 Å². The summed E-state index contributed by atoms with van der Waals surface area (Å²) in [6.07, 6.45) is 2.14. The van der Waals surface area contributed by atoms with Gasteiger partial charge in [0, 0.05) is 5.56 Å². The van der Waals surface area contributed by atoms with Gasteiger partial charge in [-0.25, -0.2) is 0 Å². The minimum Gasteiger partial charge on any atom is -0.346 e. The highest BCUT2D eigenvalue weighted by Crippen LogP contribution is 2.33. The Bertz CT molecular complexity index is 363. The van der Waals surface area contributed by atoms with Crippen molar-refractivity contribution in [2.75, 3.05) is 13.2 Å². The summed E-state index contributed by atoms with van der Waals surface area (Å²) in [5.41, 5.74) is 2.79. The van der Waals surface area contributed by atoms with Crippen molar-refractivity contribution in [1.29, 1.82) is 0 Å². The van der Waals surface area contributed by atoms with Gasteiger partial charge in [-0.15, -0.1) is 0 Å². The third kappa shape index (κ3) is 2.53. The average Bonchev–Trinajstić information content (AvgIpc) is 2.92. The van der Waals surface area contributed by atoms with Crippen LogP contribution in [0.1, 0.15) is 51.0 Å². The first-order chi connectivity index (χ1) is 8.19. The van der Waals surface area contributed by atoms with E-state index < -0.39 is 0 Å². The second-order valence-electron chi connectivity index (χ2n) is 4.97. The van der Waals surface area contributed by atoms with Crippen molar-refractivity contribution in [2.24, 2.45) is 0 Å². The molecule has 1 aliphatic heterocycles. The number of benzene rings is 1. The Balaban J connectivity index is 2.27. The molecule has 0 unspecified atom stereocenters. The van der Waals surface area contributed by atoms with E-state index in [1.807, 2.05) is 0 Å². The summed E-state index contributed by atoms with van der Waals surface area (Å²) in [7, 11) is 0. The van der Waals surface area contributed by atoms with Crippen LogP contribution >= 0.6 is 0 Å². The minimum absolute atomic E-state index is 0.159. The summed E-state index contributed by atoms with van der Waals surface area (Å²) in [5, 5.41) is 0. The molecule has 0 saturated carbocycles. The molecule has 17 heavy (non-hydrogen) atoms. The van der Waals surface area contributed by atoms with E-state index in [1.165, 1.54) is 5.56 Å². The van der Waals surface area contributed by atoms with Gasteiger partial charge in [-0.05, 0) is 23.8 Å². The van der Waals surface area contributed by atoms with Gasteiger partial charge < -0.3 is 9.47 Å². The number of rotatable bonds is 4. The summed E-state index contributed by atoms with van der Waals surface area (Å²) >= 11 is 0. The van der Waals surface area contributed by atoms with E-state index in [4.69, 9.17) is 9.47 Å². The van der Waals surface area contributed by atoms with E-state index in [9.17, 15) is 0 Å². The van der Waals surface area contributed by atoms with Crippen molar-refractivity contribution in [1.82, 2.24) is 0 Å². The predicted octanol–water partition coefficient (Wildman–Crippen LogP) is 3.81. The molecule has 2 heteroatoms. The fraction of sp³-hybridized carbons (Fsp3) is 0.600. The third-order valence-electron chi connectivity index (χ3n) is 4.04. The van der Waals surface area contributed by atoms with Crippen LogP contribution in [0, 0.1) is 0 Å². The number of hydrogen-bond donors (Lipinski definition) is 0. The molecule has 0 atom stereocenters. The lowest BCUT2D eigenvalue weighted by atomic mass is 9.77. The third-order valence-corrected chi connectivity index (χ3v) is 4.04. The molecule has 1 aromatic carbocycles. The Morgan fingerprint density at radius 2 is 1.82 bits per heavy atom. The molecule has 94 valence electrons. The second kappa shape index (κ2) is 5.19. The van der Waals surface area contributed by atoms with Gasteiger partial charge in [0.15, 0.2) is 6.29 Å². The van der Waals surface area contributed by atoms with Gasteiger partial charge in [0.05, 0.1) is 13.2 Å². The molecule has 0 bridgehead atoms. The molecule has 0 aromatic heterocycles. The molecule has 2 nitrogen and oxygen atoms in total. The molecule has 0 radical (unpaired) electrons. The molecule has 0 aliphatic carbocycles. The summed E-state index contributed by atoms with van der Waals surface area (Å²) < 4.78 is 11.1. The van der Waals surface area contributed by atoms with Gasteiger partial charge in [0.1, 0.15) is 0 Å². The molecule has 0 spiro atoms. The molecule has 1 saturated heterocycles. The SMILES string of the molecule is CCC(C)(CC)c1cccc(C2OCCO2)c1. The predicted molar refractivity (Wildman–Crippen MR) is 69.0 cm³/mol. The first-order valence-electron chi connectivity index (χ1n) is 6.53. The summed E-state index contributed by atoms with van der Waals surface area (Å²) in [4.78, 5) is 0. The molecular weight excluding hydrogens is 212 g/mol. The monoisotopic (exact) mass is 234 g/mol. The second-order valence-corrected chi connectivity index (χ2v) is 4.97. The molecular formula is C15H22O2. The summed E-state index contributed by atoms with van der Waals surface area (Å²) in [6.45, 7) is 8.22. The Labute approximate surface area is 104 Å². The zero-order chi connectivity index (χ0) is 12.3. The van der Waals surface area contributed by atoms with E-state index in [-0.39, 0.29) is 11.7 Å². The maximum Gasteiger partial charge on any atom is 0.184 e. The minimum atomic E-state index is -0.159. The first-order valence-corrected chi connectivity index (χ1v) is 6.53. The highest BCUT2D eigenvalue weighted by Gasteiger charge is 2.24. The molecule has 2 rings (SSSR count). The molecule has 1 fully saturated rings. The van der Waals surface area contributed by atoms with Crippen LogP contribution < -0.4 is 0 Å². The average molecular weight is 234 g/mol. The lowest BCUT2D eigenvalue weighted by Crippen LogP contribution is -2.19. The van der Waals surface area contributed by atoms with E-state index in [1.54, 1.807) is 0 Å². The molecule has 0 N–H and O–H groups in total. The fourth-order valence-electron chi connectivity index (χ4n) is 2.27. The Morgan fingerprint density at radius 1 is 1.18 bits per heavy atom. The zero-order valence-corrected chi connectivity index (χ0v) is 11.0. The van der Waals surface area contributed by atoms with Crippen molar-refractivity contribution >= 4 is 0 Å². The van der Waals surface area contributed by atoms with Crippen LogP contribution in [0.15, 0.2) is 24.3 Å². The largest absolute Gasteiger partial charge is 0.346 e. The highest BCUT2D eigenvalue weighted by atomic mass is 16.7. The van der Waals surface area contributed by atoms with Gasteiger partial charge in [0.25, 0.3) is 0 Å². The van der Waals surface area contributed by atoms with Crippen LogP contribution in [0.25, 0.3) is 0 Å². The van der Waals surface area contributed by atoms with Gasteiger partial charge >= 0.3 is 0 Å². The van der Waals surface area contributed by atoms with Crippen molar-refractivity contribution in [3.63, 3.8) is 0 Å². The van der Waals surface area contributed by atoms with Crippen molar-refractivity contribution in [2.45, 2.75) is 45.3 Å². The fourth-order valence-corrected chi connectivity index (χ4v) is 2.27. The highest BCUT2D eigenvalue weighted by molar-refractivity contribution is 5.30. The van der Waals surface area contributed by atoms with Crippen LogP contribution in [-0.2, 0) is 14.9 Å². The van der Waals surface area contributed by atoms with Gasteiger partial charge in [0.2, 0.25) is 0 Å². The van der Waals surface area contributed by atoms with Gasteiger partial charge in [-0.2, -0.15) is 0 Å². The van der Waals surface area contributed by atoms with E-state index in [2.05, 4.69) is 45.0 Å². The lowest BCUT2D eigenvalue weighted by Gasteiger charge is -2.28. The Kier molecular flexibility index (Phi) is 3.85. The number of ether oxygens (including phenoxy) is 2. The van der Waals surface area contributed by atoms with Gasteiger partial charge in [-0.3, -0.25) is 0 Å². The maximum atomic E-state index is 5.55. The van der Waals surface area contributed by atoms with Crippen molar-refractivity contribution in [3.05, 3.63) is 35.4 Å². The van der Waals surface area contributed by atoms with Crippen LogP contribution in [0.2, 0.25) is 0 Å². The smallest absolute Gasteiger partial charge is 0.184 e. The van der Waals surface area contributed by atoms with Crippen molar-refractivity contribution in [3.8, 4) is 0 Å². The summed E-state index contributed by atoms with van der Waals surface area (Å²) in [5.74, 6) is 0. The Morgan fingerprint density at radius 3 is 2.41 bits per heavy atom. The standard InChI is InChI=1S/C15H22O2/c1-4-15(3,5-2)13-8-6-7-12(11-13)14-16-9-10-17-14/h6-8,11,14H,4-5,9-10H2,1-3H3. The first kappa shape index (κ1) is 12.6. The molecule has 1 heterocycles. The normalized spacial score (nSPS) is 17.6. The summed E-state index contributed by atoms with van der Waals surface area (Å²) in [6, 6.07) is 8.65. The van der Waals surface area contributed by atoms with Crippen LogP contribution in [0.5, 0.6) is 0 Å². The zero-order valence-electron chi connectivity index (χ0n) is 11.0. The lowest BCUT2D eigenvalue weighted by molar-refractivity contribution is -0.0442. The number of hydrogen-bond acceptors (Lipinski definition) is 2. The molecule has 0 amide bonds. The van der Waals surface area contributed by atoms with Crippen LogP contribution in [0.4, 0.5) is 0 Å². The molecule has 1 aliphatic rings.